The van der Waals surface area contributed by atoms with Crippen molar-refractivity contribution in [1.29, 1.82) is 0 Å². The van der Waals surface area contributed by atoms with Gasteiger partial charge in [0.1, 0.15) is 16.8 Å². The summed E-state index contributed by atoms with van der Waals surface area (Å²) in [6, 6.07) is 13.7. The fourth-order valence-electron chi connectivity index (χ4n) is 3.44. The SMILES string of the molecule is COc1ccccc1CN1CCN(CC(=O)Nc2ccc3nsnc3c2)CC1. The van der Waals surface area contributed by atoms with Gasteiger partial charge in [0.15, 0.2) is 0 Å². The number of hydrogen-bond donors (Lipinski definition) is 1. The highest BCUT2D eigenvalue weighted by Gasteiger charge is 2.20. The number of benzene rings is 2. The van der Waals surface area contributed by atoms with Gasteiger partial charge in [-0.25, -0.2) is 0 Å². The van der Waals surface area contributed by atoms with Crippen molar-refractivity contribution >= 4 is 34.4 Å². The van der Waals surface area contributed by atoms with Gasteiger partial charge < -0.3 is 10.1 Å². The largest absolute Gasteiger partial charge is 0.496 e. The Morgan fingerprint density at radius 3 is 2.64 bits per heavy atom. The number of amides is 1. The van der Waals surface area contributed by atoms with Crippen molar-refractivity contribution in [1.82, 2.24) is 18.5 Å². The van der Waals surface area contributed by atoms with Crippen LogP contribution >= 0.6 is 11.7 Å². The van der Waals surface area contributed by atoms with Crippen LogP contribution in [0.1, 0.15) is 5.56 Å². The lowest BCUT2D eigenvalue weighted by Gasteiger charge is -2.34. The fourth-order valence-corrected chi connectivity index (χ4v) is 3.96. The van der Waals surface area contributed by atoms with Crippen LogP contribution in [0.5, 0.6) is 5.75 Å². The maximum absolute atomic E-state index is 12.4. The highest BCUT2D eigenvalue weighted by atomic mass is 32.1. The molecule has 0 radical (unpaired) electrons. The highest BCUT2D eigenvalue weighted by Crippen LogP contribution is 2.20. The smallest absolute Gasteiger partial charge is 0.238 e. The van der Waals surface area contributed by atoms with Gasteiger partial charge in [-0.2, -0.15) is 8.75 Å². The van der Waals surface area contributed by atoms with Crippen LogP contribution in [0.25, 0.3) is 11.0 Å². The van der Waals surface area contributed by atoms with E-state index in [0.717, 1.165) is 55.2 Å². The summed E-state index contributed by atoms with van der Waals surface area (Å²) in [4.78, 5) is 17.0. The maximum atomic E-state index is 12.4. The zero-order valence-corrected chi connectivity index (χ0v) is 16.6. The summed E-state index contributed by atoms with van der Waals surface area (Å²) in [5, 5.41) is 2.96. The second kappa shape index (κ2) is 8.64. The Balaban J connectivity index is 1.26. The van der Waals surface area contributed by atoms with Crippen molar-refractivity contribution in [3.8, 4) is 5.75 Å². The molecule has 1 aliphatic rings. The third-order valence-corrected chi connectivity index (χ3v) is 5.51. The van der Waals surface area contributed by atoms with E-state index in [1.165, 1.54) is 17.3 Å². The van der Waals surface area contributed by atoms with Gasteiger partial charge in [0, 0.05) is 44.0 Å². The molecule has 8 heteroatoms. The predicted molar refractivity (Wildman–Crippen MR) is 111 cm³/mol. The predicted octanol–water partition coefficient (Wildman–Crippen LogP) is 2.46. The van der Waals surface area contributed by atoms with Crippen LogP contribution in [0.3, 0.4) is 0 Å². The second-order valence-corrected chi connectivity index (χ2v) is 7.41. The van der Waals surface area contributed by atoms with Crippen LogP contribution < -0.4 is 10.1 Å². The molecule has 2 heterocycles. The first-order valence-corrected chi connectivity index (χ1v) is 10.0. The van der Waals surface area contributed by atoms with Crippen LogP contribution in [-0.2, 0) is 11.3 Å². The number of hydrogen-bond acceptors (Lipinski definition) is 7. The van der Waals surface area contributed by atoms with Crippen LogP contribution in [-0.4, -0.2) is 64.3 Å². The zero-order chi connectivity index (χ0) is 19.3. The highest BCUT2D eigenvalue weighted by molar-refractivity contribution is 7.00. The quantitative estimate of drug-likeness (QED) is 0.689. The summed E-state index contributed by atoms with van der Waals surface area (Å²) in [7, 11) is 1.71. The van der Waals surface area contributed by atoms with Gasteiger partial charge in [-0.3, -0.25) is 14.6 Å². The Kier molecular flexibility index (Phi) is 5.80. The number of carbonyl (C=O) groups is 1. The van der Waals surface area contributed by atoms with E-state index < -0.39 is 0 Å². The molecule has 1 N–H and O–H groups in total. The molecule has 0 bridgehead atoms. The van der Waals surface area contributed by atoms with Crippen molar-refractivity contribution in [2.24, 2.45) is 0 Å². The Labute approximate surface area is 168 Å². The van der Waals surface area contributed by atoms with E-state index in [2.05, 4.69) is 29.9 Å². The number of aromatic nitrogens is 2. The minimum absolute atomic E-state index is 0.000664. The third kappa shape index (κ3) is 4.46. The Hall–Kier alpha value is -2.55. The molecule has 28 heavy (non-hydrogen) atoms. The Bertz CT molecular complexity index is 952. The number of rotatable bonds is 6. The number of para-hydroxylation sites is 1. The summed E-state index contributed by atoms with van der Waals surface area (Å²) in [6.45, 7) is 4.88. The van der Waals surface area contributed by atoms with Crippen LogP contribution in [0.2, 0.25) is 0 Å². The lowest BCUT2D eigenvalue weighted by atomic mass is 10.1. The summed E-state index contributed by atoms with van der Waals surface area (Å²) in [5.41, 5.74) is 3.63. The fraction of sp³-hybridized carbons (Fsp3) is 0.350. The topological polar surface area (TPSA) is 70.6 Å². The van der Waals surface area contributed by atoms with E-state index in [-0.39, 0.29) is 5.91 Å². The van der Waals surface area contributed by atoms with E-state index in [9.17, 15) is 4.79 Å². The number of nitrogens with one attached hydrogen (secondary N) is 1. The number of ether oxygens (including phenoxy) is 1. The Morgan fingerprint density at radius 2 is 1.82 bits per heavy atom. The molecule has 0 spiro atoms. The minimum atomic E-state index is 0.000664. The minimum Gasteiger partial charge on any atom is -0.496 e. The van der Waals surface area contributed by atoms with Crippen molar-refractivity contribution in [2.75, 3.05) is 45.2 Å². The molecule has 0 aliphatic carbocycles. The number of nitrogens with zero attached hydrogens (tertiary/aromatic N) is 4. The van der Waals surface area contributed by atoms with Gasteiger partial charge in [-0.15, -0.1) is 0 Å². The molecule has 3 aromatic rings. The average molecular weight is 398 g/mol. The lowest BCUT2D eigenvalue weighted by molar-refractivity contribution is -0.117. The zero-order valence-electron chi connectivity index (χ0n) is 15.8. The monoisotopic (exact) mass is 397 g/mol. The Morgan fingerprint density at radius 1 is 1.07 bits per heavy atom. The van der Waals surface area contributed by atoms with Crippen LogP contribution in [0.4, 0.5) is 5.69 Å². The molecule has 7 nitrogen and oxygen atoms in total. The van der Waals surface area contributed by atoms with Gasteiger partial charge in [0.2, 0.25) is 5.91 Å². The van der Waals surface area contributed by atoms with E-state index >= 15 is 0 Å². The van der Waals surface area contributed by atoms with E-state index in [1.54, 1.807) is 7.11 Å². The van der Waals surface area contributed by atoms with E-state index in [1.807, 2.05) is 36.4 Å². The standard InChI is InChI=1S/C20H23N5O2S/c1-27-19-5-3-2-4-15(19)13-24-8-10-25(11-9-24)14-20(26)21-16-6-7-17-18(12-16)23-28-22-17/h2-7,12H,8-11,13-14H2,1H3,(H,21,26). The third-order valence-electron chi connectivity index (χ3n) is 4.96. The van der Waals surface area contributed by atoms with Gasteiger partial charge >= 0.3 is 0 Å². The van der Waals surface area contributed by atoms with Crippen molar-refractivity contribution in [3.63, 3.8) is 0 Å². The number of fused-ring (bicyclic) bond motifs is 1. The molecule has 146 valence electrons. The molecule has 1 aromatic heterocycles. The van der Waals surface area contributed by atoms with Gasteiger partial charge in [0.05, 0.1) is 25.4 Å². The number of anilines is 1. The normalized spacial score (nSPS) is 15.6. The molecule has 1 aliphatic heterocycles. The van der Waals surface area contributed by atoms with Crippen LogP contribution in [0.15, 0.2) is 42.5 Å². The van der Waals surface area contributed by atoms with E-state index in [0.29, 0.717) is 6.54 Å². The number of methoxy groups -OCH3 is 1. The first kappa shape index (κ1) is 18.8. The summed E-state index contributed by atoms with van der Waals surface area (Å²) in [5.74, 6) is 0.928. The second-order valence-electron chi connectivity index (χ2n) is 6.88. The van der Waals surface area contributed by atoms with Crippen LogP contribution in [0, 0.1) is 0 Å². The number of piperazine rings is 1. The molecule has 1 amide bonds. The average Bonchev–Trinajstić information content (AvgIpc) is 3.18. The molecule has 2 aromatic carbocycles. The molecule has 0 saturated carbocycles. The molecular weight excluding hydrogens is 374 g/mol. The van der Waals surface area contributed by atoms with Gasteiger partial charge in [0.25, 0.3) is 0 Å². The summed E-state index contributed by atoms with van der Waals surface area (Å²) in [6.07, 6.45) is 0. The molecular formula is C20H23N5O2S. The van der Waals surface area contributed by atoms with Crippen molar-refractivity contribution in [3.05, 3.63) is 48.0 Å². The first-order valence-electron chi connectivity index (χ1n) is 9.30. The number of carbonyl (C=O) groups excluding carboxylic acids is 1. The maximum Gasteiger partial charge on any atom is 0.238 e. The summed E-state index contributed by atoms with van der Waals surface area (Å²) >= 11 is 1.18. The van der Waals surface area contributed by atoms with Gasteiger partial charge in [-0.05, 0) is 24.3 Å². The van der Waals surface area contributed by atoms with Crippen molar-refractivity contribution < 1.29 is 9.53 Å². The van der Waals surface area contributed by atoms with Crippen molar-refractivity contribution in [2.45, 2.75) is 6.54 Å². The van der Waals surface area contributed by atoms with Gasteiger partial charge in [-0.1, -0.05) is 18.2 Å². The lowest BCUT2D eigenvalue weighted by Crippen LogP contribution is -2.48. The molecule has 4 rings (SSSR count). The first-order chi connectivity index (χ1) is 13.7. The molecule has 0 atom stereocenters. The molecule has 1 fully saturated rings. The summed E-state index contributed by atoms with van der Waals surface area (Å²) < 4.78 is 13.8. The molecule has 1 saturated heterocycles. The van der Waals surface area contributed by atoms with E-state index in [4.69, 9.17) is 4.74 Å². The molecule has 0 unspecified atom stereocenters.